The van der Waals surface area contributed by atoms with Gasteiger partial charge in [0.25, 0.3) is 0 Å². The number of rotatable bonds is 6. The summed E-state index contributed by atoms with van der Waals surface area (Å²) >= 11 is 1.88. The lowest BCUT2D eigenvalue weighted by atomic mass is 10.0. The molecule has 0 radical (unpaired) electrons. The zero-order valence-corrected chi connectivity index (χ0v) is 32.3. The highest BCUT2D eigenvalue weighted by atomic mass is 32.1. The van der Waals surface area contributed by atoms with Crippen molar-refractivity contribution < 1.29 is 0 Å². The summed E-state index contributed by atoms with van der Waals surface area (Å²) in [5.41, 5.74) is 12.8. The van der Waals surface area contributed by atoms with Crippen molar-refractivity contribution in [1.82, 2.24) is 9.13 Å². The molecule has 0 atom stereocenters. The number of para-hydroxylation sites is 4. The van der Waals surface area contributed by atoms with Crippen LogP contribution in [0, 0.1) is 0 Å². The SMILES string of the molecule is c1ccc(-n2c3ccccc3c3ccc(N(c4ccc(-c5cccc6c5sc5ccccc56)cc4)c4cccc5c4c4ccccc4n5-c4ccccc4)cc32)cc1. The van der Waals surface area contributed by atoms with Crippen molar-refractivity contribution in [1.29, 1.82) is 0 Å². The lowest BCUT2D eigenvalue weighted by Crippen LogP contribution is -2.10. The van der Waals surface area contributed by atoms with Gasteiger partial charge in [0.15, 0.2) is 0 Å². The molecule has 0 fully saturated rings. The fourth-order valence-corrected chi connectivity index (χ4v) is 10.4. The number of thiophene rings is 1. The van der Waals surface area contributed by atoms with Gasteiger partial charge in [-0.1, -0.05) is 133 Å². The maximum atomic E-state index is 2.46. The van der Waals surface area contributed by atoms with E-state index in [-0.39, 0.29) is 0 Å². The molecule has 4 heteroatoms. The molecule has 12 rings (SSSR count). The highest BCUT2D eigenvalue weighted by Crippen LogP contribution is 2.46. The van der Waals surface area contributed by atoms with E-state index >= 15 is 0 Å². The second-order valence-corrected chi connectivity index (χ2v) is 16.0. The molecule has 0 N–H and O–H groups in total. The molecule has 0 amide bonds. The molecule has 0 unspecified atom stereocenters. The summed E-state index contributed by atoms with van der Waals surface area (Å²) in [5.74, 6) is 0. The average molecular weight is 758 g/mol. The van der Waals surface area contributed by atoms with Crippen LogP contribution >= 0.6 is 11.3 Å². The summed E-state index contributed by atoms with van der Waals surface area (Å²) in [7, 11) is 0. The molecule has 0 saturated carbocycles. The van der Waals surface area contributed by atoms with E-state index in [1.165, 1.54) is 74.9 Å². The number of anilines is 3. The Bertz CT molecular complexity index is 3500. The third-order valence-corrected chi connectivity index (χ3v) is 12.9. The van der Waals surface area contributed by atoms with E-state index in [4.69, 9.17) is 0 Å². The summed E-state index contributed by atoms with van der Waals surface area (Å²) in [5, 5.41) is 7.53. The van der Waals surface area contributed by atoms with Crippen LogP contribution in [0.4, 0.5) is 17.1 Å². The largest absolute Gasteiger partial charge is 0.310 e. The van der Waals surface area contributed by atoms with Crippen molar-refractivity contribution in [2.45, 2.75) is 0 Å². The van der Waals surface area contributed by atoms with Gasteiger partial charge in [-0.05, 0) is 90.0 Å². The molecular formula is C54H35N3S. The van der Waals surface area contributed by atoms with E-state index in [9.17, 15) is 0 Å². The van der Waals surface area contributed by atoms with E-state index in [1.807, 2.05) is 11.3 Å². The Kier molecular flexibility index (Phi) is 7.40. The number of aromatic nitrogens is 2. The molecular weight excluding hydrogens is 723 g/mol. The predicted molar refractivity (Wildman–Crippen MR) is 248 cm³/mol. The molecule has 3 nitrogen and oxygen atoms in total. The lowest BCUT2D eigenvalue weighted by Gasteiger charge is -2.27. The first kappa shape index (κ1) is 32.8. The van der Waals surface area contributed by atoms with E-state index in [0.717, 1.165) is 28.4 Å². The standard InChI is InChI=1S/C54H35N3S/c1-3-15-37(16-4-1)56-48-25-11-8-21-46(48)53-49(26-14-27-50(53)56)55(39-31-29-36(30-32-39)41-22-13-23-45-44-20-9-12-28-52(44)58-54(41)45)40-33-34-43-42-19-7-10-24-47(42)57(51(43)35-40)38-17-5-2-6-18-38/h1-35H. The fourth-order valence-electron chi connectivity index (χ4n) is 9.19. The van der Waals surface area contributed by atoms with Crippen LogP contribution in [0.2, 0.25) is 0 Å². The van der Waals surface area contributed by atoms with Crippen LogP contribution in [0.15, 0.2) is 212 Å². The van der Waals surface area contributed by atoms with Gasteiger partial charge in [-0.15, -0.1) is 11.3 Å². The van der Waals surface area contributed by atoms with Crippen LogP contribution in [0.1, 0.15) is 0 Å². The van der Waals surface area contributed by atoms with Gasteiger partial charge in [-0.25, -0.2) is 0 Å². The van der Waals surface area contributed by atoms with Crippen LogP contribution < -0.4 is 4.90 Å². The Morgan fingerprint density at radius 2 is 0.914 bits per heavy atom. The quantitative estimate of drug-likeness (QED) is 0.165. The molecule has 0 aliphatic carbocycles. The van der Waals surface area contributed by atoms with Crippen molar-refractivity contribution in [3.63, 3.8) is 0 Å². The lowest BCUT2D eigenvalue weighted by molar-refractivity contribution is 1.17. The molecule has 12 aromatic rings. The van der Waals surface area contributed by atoms with E-state index in [0.29, 0.717) is 0 Å². The van der Waals surface area contributed by atoms with E-state index in [2.05, 4.69) is 226 Å². The summed E-state index contributed by atoms with van der Waals surface area (Å²) in [4.78, 5) is 2.46. The topological polar surface area (TPSA) is 13.1 Å². The van der Waals surface area contributed by atoms with Gasteiger partial charge < -0.3 is 14.0 Å². The van der Waals surface area contributed by atoms with Gasteiger partial charge in [0, 0.05) is 64.5 Å². The first-order valence-electron chi connectivity index (χ1n) is 19.8. The van der Waals surface area contributed by atoms with Crippen molar-refractivity contribution in [2.75, 3.05) is 4.90 Å². The summed E-state index contributed by atoms with van der Waals surface area (Å²) in [6, 6.07) is 77.4. The Balaban J connectivity index is 1.12. The molecule has 3 aromatic heterocycles. The highest BCUT2D eigenvalue weighted by Gasteiger charge is 2.23. The minimum Gasteiger partial charge on any atom is -0.310 e. The Labute approximate surface area is 339 Å². The van der Waals surface area contributed by atoms with Gasteiger partial charge in [-0.3, -0.25) is 0 Å². The highest BCUT2D eigenvalue weighted by molar-refractivity contribution is 7.26. The summed E-state index contributed by atoms with van der Waals surface area (Å²) < 4.78 is 7.45. The molecule has 0 aliphatic heterocycles. The minimum absolute atomic E-state index is 1.09. The third-order valence-electron chi connectivity index (χ3n) is 11.7. The van der Waals surface area contributed by atoms with Crippen LogP contribution in [0.5, 0.6) is 0 Å². The van der Waals surface area contributed by atoms with Gasteiger partial charge in [0.05, 0.1) is 27.8 Å². The second-order valence-electron chi connectivity index (χ2n) is 14.9. The molecule has 58 heavy (non-hydrogen) atoms. The number of hydrogen-bond donors (Lipinski definition) is 0. The number of benzene rings is 9. The van der Waals surface area contributed by atoms with Crippen LogP contribution in [-0.4, -0.2) is 9.13 Å². The number of fused-ring (bicyclic) bond motifs is 9. The van der Waals surface area contributed by atoms with Crippen molar-refractivity contribution >= 4 is 92.2 Å². The zero-order chi connectivity index (χ0) is 38.2. The molecule has 0 bridgehead atoms. The molecule has 3 heterocycles. The third kappa shape index (κ3) is 4.99. The van der Waals surface area contributed by atoms with Gasteiger partial charge in [0.1, 0.15) is 0 Å². The second kappa shape index (κ2) is 13.1. The zero-order valence-electron chi connectivity index (χ0n) is 31.5. The molecule has 0 spiro atoms. The van der Waals surface area contributed by atoms with Gasteiger partial charge in [0.2, 0.25) is 0 Å². The number of hydrogen-bond acceptors (Lipinski definition) is 2. The van der Waals surface area contributed by atoms with E-state index in [1.54, 1.807) is 0 Å². The molecule has 9 aromatic carbocycles. The normalized spacial score (nSPS) is 11.8. The van der Waals surface area contributed by atoms with Crippen LogP contribution in [-0.2, 0) is 0 Å². The summed E-state index contributed by atoms with van der Waals surface area (Å²) in [6.07, 6.45) is 0. The van der Waals surface area contributed by atoms with Crippen LogP contribution in [0.25, 0.3) is 86.3 Å². The monoisotopic (exact) mass is 757 g/mol. The first-order chi connectivity index (χ1) is 28.8. The van der Waals surface area contributed by atoms with Gasteiger partial charge >= 0.3 is 0 Å². The smallest absolute Gasteiger partial charge is 0.0562 e. The maximum Gasteiger partial charge on any atom is 0.0562 e. The Morgan fingerprint density at radius 3 is 1.67 bits per heavy atom. The average Bonchev–Trinajstić information content (AvgIpc) is 3.95. The van der Waals surface area contributed by atoms with E-state index < -0.39 is 0 Å². The van der Waals surface area contributed by atoms with Crippen molar-refractivity contribution in [2.24, 2.45) is 0 Å². The van der Waals surface area contributed by atoms with Crippen molar-refractivity contribution in [3.8, 4) is 22.5 Å². The maximum absolute atomic E-state index is 2.46. The summed E-state index contributed by atoms with van der Waals surface area (Å²) in [6.45, 7) is 0. The van der Waals surface area contributed by atoms with Crippen molar-refractivity contribution in [3.05, 3.63) is 212 Å². The van der Waals surface area contributed by atoms with Crippen LogP contribution in [0.3, 0.4) is 0 Å². The number of nitrogens with zero attached hydrogens (tertiary/aromatic N) is 3. The molecule has 272 valence electrons. The Morgan fingerprint density at radius 1 is 0.362 bits per heavy atom. The molecule has 0 saturated heterocycles. The first-order valence-corrected chi connectivity index (χ1v) is 20.6. The Hall–Kier alpha value is -7.40. The van der Waals surface area contributed by atoms with Gasteiger partial charge in [-0.2, -0.15) is 0 Å². The predicted octanol–water partition coefficient (Wildman–Crippen LogP) is 15.4. The molecule has 0 aliphatic rings. The fraction of sp³-hybridized carbons (Fsp3) is 0. The minimum atomic E-state index is 1.09.